The molecule has 2 aromatic carbocycles. The minimum atomic E-state index is -0.698. The number of nitrogens with zero attached hydrogens (tertiary/aromatic N) is 2. The summed E-state index contributed by atoms with van der Waals surface area (Å²) in [4.78, 5) is 39.2. The van der Waals surface area contributed by atoms with Gasteiger partial charge in [-0.3, -0.25) is 18.7 Å². The number of fused-ring (bicyclic) bond motifs is 3. The summed E-state index contributed by atoms with van der Waals surface area (Å²) in [5.74, 6) is -0.496. The van der Waals surface area contributed by atoms with E-state index in [1.54, 1.807) is 37.4 Å². The van der Waals surface area contributed by atoms with E-state index in [9.17, 15) is 14.4 Å². The summed E-state index contributed by atoms with van der Waals surface area (Å²) in [6.45, 7) is 0. The number of Topliss-reactive ketones (excluding diaryl/α,β-unsaturated/α-hetero) is 1. The van der Waals surface area contributed by atoms with Crippen LogP contribution in [-0.2, 0) is 14.1 Å². The molecule has 2 heterocycles. The van der Waals surface area contributed by atoms with Crippen LogP contribution in [0.2, 0.25) is 10.0 Å². The number of aromatic nitrogens is 2. The van der Waals surface area contributed by atoms with Crippen molar-refractivity contribution in [2.45, 2.75) is 5.92 Å². The summed E-state index contributed by atoms with van der Waals surface area (Å²) in [5, 5.41) is 3.89. The predicted molar refractivity (Wildman–Crippen MR) is 117 cm³/mol. The highest BCUT2D eigenvalue weighted by molar-refractivity contribution is 6.42. The molecule has 0 amide bonds. The molecule has 1 N–H and O–H groups in total. The molecule has 0 unspecified atom stereocenters. The molecule has 1 aliphatic heterocycles. The van der Waals surface area contributed by atoms with Crippen LogP contribution >= 0.6 is 23.2 Å². The van der Waals surface area contributed by atoms with Gasteiger partial charge in [0, 0.05) is 36.7 Å². The van der Waals surface area contributed by atoms with Gasteiger partial charge in [0.25, 0.3) is 5.56 Å². The van der Waals surface area contributed by atoms with Crippen molar-refractivity contribution in [1.82, 2.24) is 9.13 Å². The molecule has 0 fully saturated rings. The summed E-state index contributed by atoms with van der Waals surface area (Å²) in [7, 11) is 3.01. The van der Waals surface area contributed by atoms with E-state index < -0.39 is 17.2 Å². The molecule has 30 heavy (non-hydrogen) atoms. The predicted octanol–water partition coefficient (Wildman–Crippen LogP) is 3.56. The number of ketones is 1. The van der Waals surface area contributed by atoms with Crippen molar-refractivity contribution < 1.29 is 4.79 Å². The third-order valence-electron chi connectivity index (χ3n) is 5.75. The van der Waals surface area contributed by atoms with Crippen LogP contribution in [0.4, 0.5) is 5.82 Å². The Labute approximate surface area is 181 Å². The van der Waals surface area contributed by atoms with E-state index in [-0.39, 0.29) is 5.78 Å². The second kappa shape index (κ2) is 6.45. The van der Waals surface area contributed by atoms with Crippen molar-refractivity contribution in [3.63, 3.8) is 0 Å². The molecule has 0 bridgehead atoms. The quantitative estimate of drug-likeness (QED) is 0.628. The van der Waals surface area contributed by atoms with Crippen LogP contribution in [0, 0.1) is 0 Å². The Hall–Kier alpha value is -3.09. The molecule has 0 saturated carbocycles. The lowest BCUT2D eigenvalue weighted by Gasteiger charge is -2.29. The molecule has 0 spiro atoms. The Morgan fingerprint density at radius 1 is 0.900 bits per heavy atom. The molecule has 1 aromatic heterocycles. The molecule has 0 saturated heterocycles. The second-order valence-corrected chi connectivity index (χ2v) is 8.18. The lowest BCUT2D eigenvalue weighted by atomic mass is 9.81. The average molecular weight is 440 g/mol. The number of carbonyl (C=O) groups excluding carboxylic acids is 1. The van der Waals surface area contributed by atoms with E-state index in [2.05, 4.69) is 5.32 Å². The van der Waals surface area contributed by atoms with E-state index >= 15 is 0 Å². The largest absolute Gasteiger partial charge is 0.340 e. The first-order valence-electron chi connectivity index (χ1n) is 9.21. The maximum Gasteiger partial charge on any atom is 0.332 e. The van der Waals surface area contributed by atoms with Crippen molar-refractivity contribution in [3.05, 3.63) is 101 Å². The zero-order chi connectivity index (χ0) is 21.3. The summed E-state index contributed by atoms with van der Waals surface area (Å²) in [5.41, 5.74) is 2.39. The van der Waals surface area contributed by atoms with E-state index in [1.165, 1.54) is 11.6 Å². The van der Waals surface area contributed by atoms with Crippen molar-refractivity contribution >= 4 is 40.5 Å². The van der Waals surface area contributed by atoms with Crippen molar-refractivity contribution in [3.8, 4) is 0 Å². The van der Waals surface area contributed by atoms with Crippen LogP contribution in [0.3, 0.4) is 0 Å². The zero-order valence-corrected chi connectivity index (χ0v) is 17.5. The van der Waals surface area contributed by atoms with Crippen molar-refractivity contribution in [2.75, 3.05) is 5.32 Å². The van der Waals surface area contributed by atoms with Gasteiger partial charge in [-0.05, 0) is 17.7 Å². The fourth-order valence-corrected chi connectivity index (χ4v) is 4.59. The van der Waals surface area contributed by atoms with Gasteiger partial charge in [0.05, 0.1) is 21.3 Å². The van der Waals surface area contributed by atoms with Gasteiger partial charge < -0.3 is 5.32 Å². The number of carbonyl (C=O) groups is 1. The highest BCUT2D eigenvalue weighted by Crippen LogP contribution is 2.48. The summed E-state index contributed by atoms with van der Waals surface area (Å²) in [6, 6.07) is 12.3. The Morgan fingerprint density at radius 2 is 1.60 bits per heavy atom. The SMILES string of the molecule is Cn1c2c(c(=O)n(C)c1=O)[C@H](c1ccc(Cl)c(Cl)c1)C1=C(N2)c2ccccc2C1=O. The molecule has 150 valence electrons. The molecular weight excluding hydrogens is 425 g/mol. The Balaban J connectivity index is 1.90. The third-order valence-corrected chi connectivity index (χ3v) is 6.49. The monoisotopic (exact) mass is 439 g/mol. The topological polar surface area (TPSA) is 73.1 Å². The molecule has 6 nitrogen and oxygen atoms in total. The van der Waals surface area contributed by atoms with Crippen molar-refractivity contribution in [2.24, 2.45) is 14.1 Å². The summed E-state index contributed by atoms with van der Waals surface area (Å²) >= 11 is 12.4. The first-order chi connectivity index (χ1) is 14.3. The zero-order valence-electron chi connectivity index (χ0n) is 16.0. The number of benzene rings is 2. The molecule has 1 aliphatic carbocycles. The van der Waals surface area contributed by atoms with Gasteiger partial charge in [0.1, 0.15) is 5.82 Å². The van der Waals surface area contributed by atoms with E-state index in [0.29, 0.717) is 43.8 Å². The fourth-order valence-electron chi connectivity index (χ4n) is 4.28. The molecule has 8 heteroatoms. The van der Waals surface area contributed by atoms with Gasteiger partial charge in [-0.25, -0.2) is 4.79 Å². The van der Waals surface area contributed by atoms with Gasteiger partial charge in [-0.15, -0.1) is 0 Å². The van der Waals surface area contributed by atoms with E-state index in [1.807, 2.05) is 12.1 Å². The minimum Gasteiger partial charge on any atom is -0.340 e. The number of halogens is 2. The van der Waals surface area contributed by atoms with Gasteiger partial charge in [0.2, 0.25) is 0 Å². The lowest BCUT2D eigenvalue weighted by molar-refractivity contribution is 0.103. The first kappa shape index (κ1) is 18.9. The summed E-state index contributed by atoms with van der Waals surface area (Å²) < 4.78 is 2.43. The number of allylic oxidation sites excluding steroid dienone is 1. The van der Waals surface area contributed by atoms with Crippen LogP contribution in [0.5, 0.6) is 0 Å². The standard InChI is InChI=1S/C22H15Cl2N3O3/c1-26-20-17(21(29)27(2)22(26)30)15(10-7-8-13(23)14(24)9-10)16-18(25-20)11-5-3-4-6-12(11)19(16)28/h3-9,15,25H,1-2H3/t15-/m1/s1. The van der Waals surface area contributed by atoms with Gasteiger partial charge >= 0.3 is 5.69 Å². The second-order valence-electron chi connectivity index (χ2n) is 7.36. The smallest absolute Gasteiger partial charge is 0.332 e. The van der Waals surface area contributed by atoms with Crippen LogP contribution < -0.4 is 16.6 Å². The number of anilines is 1. The van der Waals surface area contributed by atoms with Crippen LogP contribution in [0.1, 0.15) is 33.0 Å². The van der Waals surface area contributed by atoms with E-state index in [0.717, 1.165) is 10.1 Å². The number of hydrogen-bond acceptors (Lipinski definition) is 4. The minimum absolute atomic E-state index is 0.161. The molecule has 3 aromatic rings. The first-order valence-corrected chi connectivity index (χ1v) is 9.97. The number of hydrogen-bond donors (Lipinski definition) is 1. The maximum absolute atomic E-state index is 13.4. The highest BCUT2D eigenvalue weighted by Gasteiger charge is 2.42. The van der Waals surface area contributed by atoms with Gasteiger partial charge in [-0.1, -0.05) is 53.5 Å². The van der Waals surface area contributed by atoms with Crippen LogP contribution in [0.15, 0.2) is 57.6 Å². The third kappa shape index (κ3) is 2.41. The lowest BCUT2D eigenvalue weighted by Crippen LogP contribution is -2.42. The highest BCUT2D eigenvalue weighted by atomic mass is 35.5. The summed E-state index contributed by atoms with van der Waals surface area (Å²) in [6.07, 6.45) is 0. The van der Waals surface area contributed by atoms with Crippen LogP contribution in [0.25, 0.3) is 5.70 Å². The molecule has 1 atom stereocenters. The molecule has 0 radical (unpaired) electrons. The Kier molecular flexibility index (Phi) is 4.07. The Morgan fingerprint density at radius 3 is 2.30 bits per heavy atom. The fraction of sp³-hybridized carbons (Fsp3) is 0.136. The van der Waals surface area contributed by atoms with Crippen molar-refractivity contribution in [1.29, 1.82) is 0 Å². The molecular formula is C22H15Cl2N3O3. The van der Waals surface area contributed by atoms with E-state index in [4.69, 9.17) is 23.2 Å². The Bertz CT molecular complexity index is 1430. The van der Waals surface area contributed by atoms with Gasteiger partial charge in [-0.2, -0.15) is 0 Å². The maximum atomic E-state index is 13.4. The van der Waals surface area contributed by atoms with Gasteiger partial charge in [0.15, 0.2) is 5.78 Å². The number of nitrogens with one attached hydrogen (secondary N) is 1. The average Bonchev–Trinajstić information content (AvgIpc) is 3.03. The normalized spacial score (nSPS) is 16.8. The van der Waals surface area contributed by atoms with Crippen LogP contribution in [-0.4, -0.2) is 14.9 Å². The molecule has 5 rings (SSSR count). The molecule has 2 aliphatic rings. The number of rotatable bonds is 1.